The Morgan fingerprint density at radius 2 is 1.95 bits per heavy atom. The van der Waals surface area contributed by atoms with Crippen LogP contribution in [0.1, 0.15) is 31.3 Å². The maximum Gasteiger partial charge on any atom is 0.262 e. The van der Waals surface area contributed by atoms with Crippen molar-refractivity contribution in [2.75, 3.05) is 13.2 Å². The normalized spacial score (nSPS) is 16.0. The van der Waals surface area contributed by atoms with Gasteiger partial charge in [-0.1, -0.05) is 24.3 Å². The van der Waals surface area contributed by atoms with Crippen LogP contribution in [0.2, 0.25) is 0 Å². The zero-order valence-electron chi connectivity index (χ0n) is 12.1. The summed E-state index contributed by atoms with van der Waals surface area (Å²) >= 11 is 0. The molecular formula is C16H18N2O3. The lowest BCUT2D eigenvalue weighted by molar-refractivity contribution is -0.117. The number of ether oxygens (including phenoxy) is 2. The lowest BCUT2D eigenvalue weighted by Gasteiger charge is -2.09. The van der Waals surface area contributed by atoms with Crippen molar-refractivity contribution in [3.05, 3.63) is 41.0 Å². The molecule has 2 rings (SSSR count). The van der Waals surface area contributed by atoms with E-state index in [0.717, 1.165) is 11.1 Å². The molecule has 1 aliphatic rings. The number of hydrogen-bond acceptors (Lipinski definition) is 4. The van der Waals surface area contributed by atoms with Crippen LogP contribution in [0.5, 0.6) is 0 Å². The number of nitriles is 1. The second kappa shape index (κ2) is 7.02. The largest absolute Gasteiger partial charge is 0.349 e. The van der Waals surface area contributed by atoms with E-state index in [9.17, 15) is 4.79 Å². The standard InChI is InChI=1S/C16H18N2O3/c1-11(2)18-15(19)14(10-17)9-12-3-5-13(6-4-12)16-20-7-8-21-16/h3-6,9,11,16H,7-8H2,1-2H3,(H,18,19)/b14-9-. The number of carbonyl (C=O) groups is 1. The van der Waals surface area contributed by atoms with Gasteiger partial charge in [0.15, 0.2) is 6.29 Å². The molecule has 0 aliphatic carbocycles. The van der Waals surface area contributed by atoms with Crippen LogP contribution in [0, 0.1) is 11.3 Å². The van der Waals surface area contributed by atoms with Gasteiger partial charge in [-0.05, 0) is 25.5 Å². The topological polar surface area (TPSA) is 71.4 Å². The van der Waals surface area contributed by atoms with Crippen LogP contribution in [0.25, 0.3) is 6.08 Å². The second-order valence-corrected chi connectivity index (χ2v) is 5.04. The summed E-state index contributed by atoms with van der Waals surface area (Å²) in [4.78, 5) is 11.8. The first kappa shape index (κ1) is 15.2. The summed E-state index contributed by atoms with van der Waals surface area (Å²) in [6, 6.07) is 9.33. The van der Waals surface area contributed by atoms with E-state index >= 15 is 0 Å². The van der Waals surface area contributed by atoms with Gasteiger partial charge in [-0.3, -0.25) is 4.79 Å². The van der Waals surface area contributed by atoms with E-state index in [1.807, 2.05) is 44.2 Å². The fraction of sp³-hybridized carbons (Fsp3) is 0.375. The van der Waals surface area contributed by atoms with E-state index in [-0.39, 0.29) is 23.8 Å². The first-order valence-corrected chi connectivity index (χ1v) is 6.86. The van der Waals surface area contributed by atoms with E-state index in [4.69, 9.17) is 14.7 Å². The van der Waals surface area contributed by atoms with Crippen LogP contribution in [0.4, 0.5) is 0 Å². The second-order valence-electron chi connectivity index (χ2n) is 5.04. The Bertz CT molecular complexity index is 564. The van der Waals surface area contributed by atoms with Gasteiger partial charge >= 0.3 is 0 Å². The minimum absolute atomic E-state index is 0.00621. The van der Waals surface area contributed by atoms with Crippen molar-refractivity contribution in [2.45, 2.75) is 26.2 Å². The van der Waals surface area contributed by atoms with E-state index in [0.29, 0.717) is 13.2 Å². The molecule has 1 N–H and O–H groups in total. The summed E-state index contributed by atoms with van der Waals surface area (Å²) in [5.74, 6) is -0.362. The van der Waals surface area contributed by atoms with Gasteiger partial charge in [0.1, 0.15) is 11.6 Å². The Kier molecular flexibility index (Phi) is 5.09. The quantitative estimate of drug-likeness (QED) is 0.680. The molecule has 1 aromatic rings. The summed E-state index contributed by atoms with van der Waals surface area (Å²) < 4.78 is 10.8. The molecule has 1 amide bonds. The zero-order valence-corrected chi connectivity index (χ0v) is 12.1. The van der Waals surface area contributed by atoms with Gasteiger partial charge in [0.2, 0.25) is 0 Å². The van der Waals surface area contributed by atoms with Crippen molar-refractivity contribution in [1.29, 1.82) is 5.26 Å². The molecule has 1 fully saturated rings. The molecule has 0 aromatic heterocycles. The number of amides is 1. The number of nitrogens with one attached hydrogen (secondary N) is 1. The SMILES string of the molecule is CC(C)NC(=O)/C(C#N)=C\c1ccc(C2OCCO2)cc1. The zero-order chi connectivity index (χ0) is 15.2. The molecule has 1 aliphatic heterocycles. The average molecular weight is 286 g/mol. The van der Waals surface area contributed by atoms with Crippen molar-refractivity contribution in [2.24, 2.45) is 0 Å². The fourth-order valence-electron chi connectivity index (χ4n) is 1.96. The Balaban J connectivity index is 2.11. The molecule has 0 atom stereocenters. The number of hydrogen-bond donors (Lipinski definition) is 1. The first-order chi connectivity index (χ1) is 10.1. The van der Waals surface area contributed by atoms with Gasteiger partial charge in [0.25, 0.3) is 5.91 Å². The van der Waals surface area contributed by atoms with Crippen molar-refractivity contribution in [3.63, 3.8) is 0 Å². The maximum absolute atomic E-state index is 11.8. The number of nitrogens with zero attached hydrogens (tertiary/aromatic N) is 1. The van der Waals surface area contributed by atoms with Gasteiger partial charge in [-0.2, -0.15) is 5.26 Å². The molecule has 0 radical (unpaired) electrons. The highest BCUT2D eigenvalue weighted by atomic mass is 16.7. The molecule has 1 saturated heterocycles. The summed E-state index contributed by atoms with van der Waals surface area (Å²) in [5, 5.41) is 11.8. The summed E-state index contributed by atoms with van der Waals surface area (Å²) in [6.07, 6.45) is 1.25. The molecule has 0 bridgehead atoms. The third-order valence-electron chi connectivity index (χ3n) is 2.93. The number of carbonyl (C=O) groups excluding carboxylic acids is 1. The highest BCUT2D eigenvalue weighted by Crippen LogP contribution is 2.23. The predicted octanol–water partition coefficient (Wildman–Crippen LogP) is 2.16. The molecule has 1 heterocycles. The Hall–Kier alpha value is -2.16. The van der Waals surface area contributed by atoms with Gasteiger partial charge in [-0.25, -0.2) is 0 Å². The molecule has 0 saturated carbocycles. The molecule has 0 spiro atoms. The van der Waals surface area contributed by atoms with Crippen molar-refractivity contribution < 1.29 is 14.3 Å². The molecule has 1 aromatic carbocycles. The molecule has 0 unspecified atom stereocenters. The summed E-state index contributed by atoms with van der Waals surface area (Å²) in [7, 11) is 0. The third kappa shape index (κ3) is 4.15. The molecular weight excluding hydrogens is 268 g/mol. The monoisotopic (exact) mass is 286 g/mol. The van der Waals surface area contributed by atoms with E-state index in [1.54, 1.807) is 6.08 Å². The molecule has 21 heavy (non-hydrogen) atoms. The van der Waals surface area contributed by atoms with Crippen molar-refractivity contribution in [3.8, 4) is 6.07 Å². The minimum Gasteiger partial charge on any atom is -0.349 e. The van der Waals surface area contributed by atoms with Gasteiger partial charge in [0.05, 0.1) is 13.2 Å². The van der Waals surface area contributed by atoms with Gasteiger partial charge in [-0.15, -0.1) is 0 Å². The number of benzene rings is 1. The smallest absolute Gasteiger partial charge is 0.262 e. The van der Waals surface area contributed by atoms with Crippen LogP contribution in [0.15, 0.2) is 29.8 Å². The third-order valence-corrected chi connectivity index (χ3v) is 2.93. The first-order valence-electron chi connectivity index (χ1n) is 6.86. The van der Waals surface area contributed by atoms with Crippen LogP contribution < -0.4 is 5.32 Å². The minimum atomic E-state index is -0.362. The Labute approximate surface area is 124 Å². The van der Waals surface area contributed by atoms with Crippen molar-refractivity contribution >= 4 is 12.0 Å². The Morgan fingerprint density at radius 3 is 2.48 bits per heavy atom. The van der Waals surface area contributed by atoms with E-state index < -0.39 is 0 Å². The summed E-state index contributed by atoms with van der Waals surface area (Å²) in [5.41, 5.74) is 1.80. The maximum atomic E-state index is 11.8. The van der Waals surface area contributed by atoms with Crippen LogP contribution in [-0.2, 0) is 14.3 Å². The van der Waals surface area contributed by atoms with E-state index in [2.05, 4.69) is 5.32 Å². The van der Waals surface area contributed by atoms with E-state index in [1.165, 1.54) is 0 Å². The molecule has 110 valence electrons. The van der Waals surface area contributed by atoms with Crippen LogP contribution >= 0.6 is 0 Å². The highest BCUT2D eigenvalue weighted by molar-refractivity contribution is 6.01. The highest BCUT2D eigenvalue weighted by Gasteiger charge is 2.17. The van der Waals surface area contributed by atoms with Crippen LogP contribution in [-0.4, -0.2) is 25.2 Å². The average Bonchev–Trinajstić information content (AvgIpc) is 2.98. The summed E-state index contributed by atoms with van der Waals surface area (Å²) in [6.45, 7) is 4.90. The van der Waals surface area contributed by atoms with Crippen molar-refractivity contribution in [1.82, 2.24) is 5.32 Å². The molecule has 5 heteroatoms. The molecule has 5 nitrogen and oxygen atoms in total. The fourth-order valence-corrected chi connectivity index (χ4v) is 1.96. The Morgan fingerprint density at radius 1 is 1.33 bits per heavy atom. The lowest BCUT2D eigenvalue weighted by atomic mass is 10.1. The number of rotatable bonds is 4. The van der Waals surface area contributed by atoms with Crippen LogP contribution in [0.3, 0.4) is 0 Å². The predicted molar refractivity (Wildman–Crippen MR) is 78.0 cm³/mol. The van der Waals surface area contributed by atoms with Gasteiger partial charge in [0, 0.05) is 11.6 Å². The van der Waals surface area contributed by atoms with Gasteiger partial charge < -0.3 is 14.8 Å². The lowest BCUT2D eigenvalue weighted by Crippen LogP contribution is -2.30.